The van der Waals surface area contributed by atoms with Gasteiger partial charge >= 0.3 is 0 Å². The van der Waals surface area contributed by atoms with Crippen molar-refractivity contribution in [3.05, 3.63) is 29.3 Å². The van der Waals surface area contributed by atoms with E-state index in [1.165, 1.54) is 16.8 Å². The van der Waals surface area contributed by atoms with Crippen LogP contribution in [0.25, 0.3) is 0 Å². The Hall–Kier alpha value is -1.06. The maximum atomic E-state index is 5.80. The second-order valence-corrected chi connectivity index (χ2v) is 5.54. The summed E-state index contributed by atoms with van der Waals surface area (Å²) in [6, 6.07) is 6.92. The molecule has 0 bridgehead atoms. The van der Waals surface area contributed by atoms with E-state index in [2.05, 4.69) is 42.3 Å². The van der Waals surface area contributed by atoms with Crippen LogP contribution < -0.4 is 10.2 Å². The van der Waals surface area contributed by atoms with Gasteiger partial charge in [-0.2, -0.15) is 0 Å². The second-order valence-electron chi connectivity index (χ2n) is 5.54. The fourth-order valence-corrected chi connectivity index (χ4v) is 3.05. The van der Waals surface area contributed by atoms with Crippen LogP contribution >= 0.6 is 0 Å². The summed E-state index contributed by atoms with van der Waals surface area (Å²) in [7, 11) is 0. The first-order valence-corrected chi connectivity index (χ1v) is 6.95. The minimum absolute atomic E-state index is 0.325. The quantitative estimate of drug-likeness (QED) is 0.819. The lowest BCUT2D eigenvalue weighted by Crippen LogP contribution is -2.45. The molecule has 1 N–H and O–H groups in total. The third-order valence-electron chi connectivity index (χ3n) is 3.86. The van der Waals surface area contributed by atoms with E-state index in [9.17, 15) is 0 Å². The Balaban J connectivity index is 1.83. The molecule has 0 amide bonds. The molecule has 3 heteroatoms. The van der Waals surface area contributed by atoms with Gasteiger partial charge in [0, 0.05) is 25.3 Å². The van der Waals surface area contributed by atoms with Gasteiger partial charge in [0.1, 0.15) is 0 Å². The number of nitrogens with zero attached hydrogens (tertiary/aromatic N) is 1. The summed E-state index contributed by atoms with van der Waals surface area (Å²) < 4.78 is 5.80. The molecule has 0 aliphatic carbocycles. The number of hydrogen-bond acceptors (Lipinski definition) is 3. The summed E-state index contributed by atoms with van der Waals surface area (Å²) >= 11 is 0. The molecule has 0 radical (unpaired) electrons. The van der Waals surface area contributed by atoms with Crippen molar-refractivity contribution >= 4 is 5.69 Å². The van der Waals surface area contributed by atoms with Crippen molar-refractivity contribution in [3.63, 3.8) is 0 Å². The third kappa shape index (κ3) is 2.38. The third-order valence-corrected chi connectivity index (χ3v) is 3.86. The van der Waals surface area contributed by atoms with E-state index in [1.54, 1.807) is 0 Å². The summed E-state index contributed by atoms with van der Waals surface area (Å²) in [4.78, 5) is 2.46. The first kappa shape index (κ1) is 12.0. The largest absolute Gasteiger partial charge is 0.372 e. The average Bonchev–Trinajstić information content (AvgIpc) is 2.37. The molecular weight excluding hydrogens is 224 g/mol. The molecule has 2 aliphatic heterocycles. The predicted molar refractivity (Wildman–Crippen MR) is 74.1 cm³/mol. The Kier molecular flexibility index (Phi) is 3.27. The SMILES string of the molecule is C[C@@H]1CN(c2ccc3c(c2)CCNC3)C[C@H](C)O1. The van der Waals surface area contributed by atoms with Crippen LogP contribution in [0.15, 0.2) is 18.2 Å². The Morgan fingerprint density at radius 3 is 2.72 bits per heavy atom. The van der Waals surface area contributed by atoms with Crippen molar-refractivity contribution in [2.24, 2.45) is 0 Å². The zero-order valence-electron chi connectivity index (χ0n) is 11.3. The van der Waals surface area contributed by atoms with Crippen LogP contribution in [-0.4, -0.2) is 31.8 Å². The topological polar surface area (TPSA) is 24.5 Å². The summed E-state index contributed by atoms with van der Waals surface area (Å²) in [5, 5.41) is 3.42. The number of nitrogens with one attached hydrogen (secondary N) is 1. The minimum atomic E-state index is 0.325. The summed E-state index contributed by atoms with van der Waals surface area (Å²) in [6.45, 7) is 8.44. The average molecular weight is 246 g/mol. The highest BCUT2D eigenvalue weighted by Gasteiger charge is 2.23. The molecule has 0 unspecified atom stereocenters. The normalized spacial score (nSPS) is 28.0. The fourth-order valence-electron chi connectivity index (χ4n) is 3.05. The van der Waals surface area contributed by atoms with Gasteiger partial charge in [-0.15, -0.1) is 0 Å². The highest BCUT2D eigenvalue weighted by Crippen LogP contribution is 2.24. The van der Waals surface area contributed by atoms with E-state index >= 15 is 0 Å². The number of fused-ring (bicyclic) bond motifs is 1. The molecule has 18 heavy (non-hydrogen) atoms. The van der Waals surface area contributed by atoms with E-state index in [-0.39, 0.29) is 0 Å². The van der Waals surface area contributed by atoms with Crippen molar-refractivity contribution in [1.82, 2.24) is 5.32 Å². The number of benzene rings is 1. The number of rotatable bonds is 1. The van der Waals surface area contributed by atoms with E-state index in [1.807, 2.05) is 0 Å². The lowest BCUT2D eigenvalue weighted by Gasteiger charge is -2.37. The van der Waals surface area contributed by atoms with Gasteiger partial charge in [-0.25, -0.2) is 0 Å². The fraction of sp³-hybridized carbons (Fsp3) is 0.600. The Morgan fingerprint density at radius 2 is 1.94 bits per heavy atom. The van der Waals surface area contributed by atoms with Crippen molar-refractivity contribution in [2.75, 3.05) is 24.5 Å². The van der Waals surface area contributed by atoms with Gasteiger partial charge in [-0.1, -0.05) is 6.07 Å². The number of hydrogen-bond donors (Lipinski definition) is 1. The van der Waals surface area contributed by atoms with Crippen molar-refractivity contribution < 1.29 is 4.74 Å². The smallest absolute Gasteiger partial charge is 0.0726 e. The molecule has 0 aromatic heterocycles. The van der Waals surface area contributed by atoms with Crippen LogP contribution in [0.5, 0.6) is 0 Å². The molecule has 2 atom stereocenters. The maximum Gasteiger partial charge on any atom is 0.0726 e. The monoisotopic (exact) mass is 246 g/mol. The Labute approximate surface area is 109 Å². The van der Waals surface area contributed by atoms with Crippen molar-refractivity contribution in [1.29, 1.82) is 0 Å². The molecular formula is C15H22N2O. The molecule has 3 rings (SSSR count). The zero-order valence-corrected chi connectivity index (χ0v) is 11.3. The highest BCUT2D eigenvalue weighted by molar-refractivity contribution is 5.52. The van der Waals surface area contributed by atoms with Gasteiger partial charge in [-0.05, 0) is 50.1 Å². The van der Waals surface area contributed by atoms with Crippen molar-refractivity contribution in [3.8, 4) is 0 Å². The summed E-state index contributed by atoms with van der Waals surface area (Å²) in [5.74, 6) is 0. The molecule has 1 saturated heterocycles. The highest BCUT2D eigenvalue weighted by atomic mass is 16.5. The number of anilines is 1. The Morgan fingerprint density at radius 1 is 1.17 bits per heavy atom. The lowest BCUT2D eigenvalue weighted by molar-refractivity contribution is -0.00522. The van der Waals surface area contributed by atoms with Crippen molar-refractivity contribution in [2.45, 2.75) is 39.0 Å². The second kappa shape index (κ2) is 4.90. The molecule has 0 saturated carbocycles. The predicted octanol–water partition coefficient (Wildman–Crippen LogP) is 1.95. The standard InChI is InChI=1S/C15H22N2O/c1-11-9-17(10-12(2)18-11)15-4-3-14-8-16-6-5-13(14)7-15/h3-4,7,11-12,16H,5-6,8-10H2,1-2H3/t11-,12+. The molecule has 98 valence electrons. The molecule has 2 heterocycles. The van der Waals surface area contributed by atoms with Gasteiger partial charge in [0.2, 0.25) is 0 Å². The zero-order chi connectivity index (χ0) is 12.5. The van der Waals surface area contributed by atoms with E-state index < -0.39 is 0 Å². The Bertz CT molecular complexity index is 423. The first-order chi connectivity index (χ1) is 8.72. The number of morpholine rings is 1. The molecule has 0 spiro atoms. The van der Waals surface area contributed by atoms with Gasteiger partial charge in [0.25, 0.3) is 0 Å². The summed E-state index contributed by atoms with van der Waals surface area (Å²) in [6.07, 6.45) is 1.80. The van der Waals surface area contributed by atoms with Gasteiger partial charge < -0.3 is 15.0 Å². The van der Waals surface area contributed by atoms with Crippen LogP contribution in [0.2, 0.25) is 0 Å². The van der Waals surface area contributed by atoms with Crippen LogP contribution in [0.3, 0.4) is 0 Å². The first-order valence-electron chi connectivity index (χ1n) is 6.95. The summed E-state index contributed by atoms with van der Waals surface area (Å²) in [5.41, 5.74) is 4.33. The van der Waals surface area contributed by atoms with Gasteiger partial charge in [0.15, 0.2) is 0 Å². The van der Waals surface area contributed by atoms with E-state index in [0.29, 0.717) is 12.2 Å². The molecule has 1 aromatic rings. The molecule has 2 aliphatic rings. The van der Waals surface area contributed by atoms with Crippen LogP contribution in [0.4, 0.5) is 5.69 Å². The molecule has 1 fully saturated rings. The minimum Gasteiger partial charge on any atom is -0.372 e. The van der Waals surface area contributed by atoms with Crippen LogP contribution in [0.1, 0.15) is 25.0 Å². The van der Waals surface area contributed by atoms with Gasteiger partial charge in [-0.3, -0.25) is 0 Å². The molecule has 3 nitrogen and oxygen atoms in total. The number of ether oxygens (including phenoxy) is 1. The van der Waals surface area contributed by atoms with Crippen LogP contribution in [-0.2, 0) is 17.7 Å². The molecule has 1 aromatic carbocycles. The van der Waals surface area contributed by atoms with Gasteiger partial charge in [0.05, 0.1) is 12.2 Å². The maximum absolute atomic E-state index is 5.80. The van der Waals surface area contributed by atoms with Crippen LogP contribution in [0, 0.1) is 0 Å². The lowest BCUT2D eigenvalue weighted by atomic mass is 10.00. The van der Waals surface area contributed by atoms with E-state index in [0.717, 1.165) is 32.6 Å². The van der Waals surface area contributed by atoms with E-state index in [4.69, 9.17) is 4.74 Å².